The van der Waals surface area contributed by atoms with Gasteiger partial charge in [0.25, 0.3) is 0 Å². The van der Waals surface area contributed by atoms with E-state index in [0.717, 1.165) is 0 Å². The van der Waals surface area contributed by atoms with Crippen LogP contribution in [0.1, 0.15) is 47.1 Å². The van der Waals surface area contributed by atoms with Crippen molar-refractivity contribution in [1.82, 2.24) is 0 Å². The van der Waals surface area contributed by atoms with Gasteiger partial charge in [-0.25, -0.2) is 14.4 Å². The third-order valence-corrected chi connectivity index (χ3v) is 3.46. The number of esters is 2. The average Bonchev–Trinajstić information content (AvgIpc) is 2.64. The Morgan fingerprint density at radius 1 is 0.929 bits per heavy atom. The number of amides is 1. The first kappa shape index (κ1) is 21.0. The van der Waals surface area contributed by atoms with E-state index in [1.54, 1.807) is 63.2 Å². The highest BCUT2D eigenvalue weighted by Crippen LogP contribution is 2.15. The Morgan fingerprint density at radius 3 is 2.21 bits per heavy atom. The first-order chi connectivity index (χ1) is 13.2. The highest BCUT2D eigenvalue weighted by Gasteiger charge is 2.17. The molecule has 2 aromatic carbocycles. The lowest BCUT2D eigenvalue weighted by Gasteiger charge is -2.19. The Hall–Kier alpha value is -3.35. The molecule has 0 saturated carbocycles. The van der Waals surface area contributed by atoms with Crippen LogP contribution in [0.3, 0.4) is 0 Å². The molecule has 7 heteroatoms. The standard InChI is InChI=1S/C21H23NO6/c1-21(2,3)28-20(25)22-17-10-6-9-16(12-17)19(24)27-13-14-7-5-8-15(11-14)18(23)26-4/h5-12H,13H2,1-4H3,(H,22,25). The molecular formula is C21H23NO6. The zero-order valence-electron chi connectivity index (χ0n) is 16.3. The summed E-state index contributed by atoms with van der Waals surface area (Å²) in [4.78, 5) is 35.7. The number of nitrogens with one attached hydrogen (secondary N) is 1. The molecule has 0 aliphatic carbocycles. The van der Waals surface area contributed by atoms with Crippen molar-refractivity contribution >= 4 is 23.7 Å². The summed E-state index contributed by atoms with van der Waals surface area (Å²) in [6, 6.07) is 13.0. The SMILES string of the molecule is COC(=O)c1cccc(COC(=O)c2cccc(NC(=O)OC(C)(C)C)c2)c1. The molecule has 1 amide bonds. The number of hydrogen-bond donors (Lipinski definition) is 1. The minimum Gasteiger partial charge on any atom is -0.465 e. The second-order valence-electron chi connectivity index (χ2n) is 6.98. The van der Waals surface area contributed by atoms with E-state index in [1.165, 1.54) is 13.2 Å². The summed E-state index contributed by atoms with van der Waals surface area (Å²) in [5.41, 5.74) is 1.09. The monoisotopic (exact) mass is 385 g/mol. The van der Waals surface area contributed by atoms with Gasteiger partial charge in [0, 0.05) is 5.69 Å². The van der Waals surface area contributed by atoms with Crippen molar-refractivity contribution < 1.29 is 28.6 Å². The van der Waals surface area contributed by atoms with E-state index in [4.69, 9.17) is 9.47 Å². The van der Waals surface area contributed by atoms with Crippen LogP contribution in [-0.4, -0.2) is 30.7 Å². The van der Waals surface area contributed by atoms with Crippen LogP contribution in [0.5, 0.6) is 0 Å². The van der Waals surface area contributed by atoms with Crippen molar-refractivity contribution in [3.05, 3.63) is 65.2 Å². The fourth-order valence-electron chi connectivity index (χ4n) is 2.28. The summed E-state index contributed by atoms with van der Waals surface area (Å²) in [5, 5.41) is 2.57. The number of hydrogen-bond acceptors (Lipinski definition) is 6. The van der Waals surface area contributed by atoms with Crippen LogP contribution in [0.2, 0.25) is 0 Å². The van der Waals surface area contributed by atoms with Gasteiger partial charge in [-0.3, -0.25) is 5.32 Å². The molecule has 0 aromatic heterocycles. The Kier molecular flexibility index (Phi) is 6.76. The maximum atomic E-state index is 12.3. The van der Waals surface area contributed by atoms with Crippen molar-refractivity contribution in [2.24, 2.45) is 0 Å². The summed E-state index contributed by atoms with van der Waals surface area (Å²) in [6.45, 7) is 5.27. The molecule has 7 nitrogen and oxygen atoms in total. The molecule has 2 rings (SSSR count). The van der Waals surface area contributed by atoms with Crippen molar-refractivity contribution in [2.75, 3.05) is 12.4 Å². The number of benzene rings is 2. The van der Waals surface area contributed by atoms with Gasteiger partial charge in [0.1, 0.15) is 12.2 Å². The highest BCUT2D eigenvalue weighted by molar-refractivity contribution is 5.92. The van der Waals surface area contributed by atoms with E-state index in [1.807, 2.05) is 0 Å². The van der Waals surface area contributed by atoms with Gasteiger partial charge in [-0.2, -0.15) is 0 Å². The van der Waals surface area contributed by atoms with Gasteiger partial charge in [-0.15, -0.1) is 0 Å². The molecule has 0 saturated heterocycles. The van der Waals surface area contributed by atoms with Gasteiger partial charge in [-0.1, -0.05) is 18.2 Å². The van der Waals surface area contributed by atoms with Crippen LogP contribution >= 0.6 is 0 Å². The van der Waals surface area contributed by atoms with Crippen LogP contribution in [0.4, 0.5) is 10.5 Å². The zero-order valence-corrected chi connectivity index (χ0v) is 16.3. The van der Waals surface area contributed by atoms with Crippen molar-refractivity contribution in [3.8, 4) is 0 Å². The Bertz CT molecular complexity index is 869. The second-order valence-corrected chi connectivity index (χ2v) is 6.98. The van der Waals surface area contributed by atoms with Crippen LogP contribution < -0.4 is 5.32 Å². The molecule has 0 aliphatic rings. The smallest absolute Gasteiger partial charge is 0.412 e. The van der Waals surface area contributed by atoms with E-state index in [9.17, 15) is 14.4 Å². The first-order valence-electron chi connectivity index (χ1n) is 8.62. The molecule has 0 unspecified atom stereocenters. The van der Waals surface area contributed by atoms with Gasteiger partial charge >= 0.3 is 18.0 Å². The maximum Gasteiger partial charge on any atom is 0.412 e. The molecule has 0 atom stereocenters. The summed E-state index contributed by atoms with van der Waals surface area (Å²) in [7, 11) is 1.30. The predicted molar refractivity (Wildman–Crippen MR) is 103 cm³/mol. The Labute approximate surface area is 163 Å². The number of carbonyl (C=O) groups excluding carboxylic acids is 3. The topological polar surface area (TPSA) is 90.9 Å². The number of methoxy groups -OCH3 is 1. The highest BCUT2D eigenvalue weighted by atomic mass is 16.6. The maximum absolute atomic E-state index is 12.3. The molecule has 0 fully saturated rings. The lowest BCUT2D eigenvalue weighted by atomic mass is 10.1. The van der Waals surface area contributed by atoms with Crippen molar-refractivity contribution in [1.29, 1.82) is 0 Å². The van der Waals surface area contributed by atoms with Gasteiger partial charge in [0.05, 0.1) is 18.2 Å². The van der Waals surface area contributed by atoms with Crippen LogP contribution in [0, 0.1) is 0 Å². The minimum absolute atomic E-state index is 0.00656. The zero-order chi connectivity index (χ0) is 20.7. The summed E-state index contributed by atoms with van der Waals surface area (Å²) < 4.78 is 15.1. The van der Waals surface area contributed by atoms with Crippen LogP contribution in [0.25, 0.3) is 0 Å². The first-order valence-corrected chi connectivity index (χ1v) is 8.62. The second kappa shape index (κ2) is 9.03. The molecule has 1 N–H and O–H groups in total. The van der Waals surface area contributed by atoms with E-state index in [2.05, 4.69) is 10.1 Å². The molecule has 0 heterocycles. The van der Waals surface area contributed by atoms with Crippen LogP contribution in [0.15, 0.2) is 48.5 Å². The normalized spacial score (nSPS) is 10.7. The van der Waals surface area contributed by atoms with Crippen molar-refractivity contribution in [3.63, 3.8) is 0 Å². The Morgan fingerprint density at radius 2 is 1.57 bits per heavy atom. The number of carbonyl (C=O) groups is 3. The molecule has 0 radical (unpaired) electrons. The quantitative estimate of drug-likeness (QED) is 0.613. The van der Waals surface area contributed by atoms with Gasteiger partial charge in [0.15, 0.2) is 0 Å². The molecule has 0 spiro atoms. The fourth-order valence-corrected chi connectivity index (χ4v) is 2.28. The molecule has 2 aromatic rings. The molecule has 0 bridgehead atoms. The molecule has 28 heavy (non-hydrogen) atoms. The number of anilines is 1. The summed E-state index contributed by atoms with van der Waals surface area (Å²) >= 11 is 0. The predicted octanol–water partition coefficient (Wildman–Crippen LogP) is 4.18. The number of rotatable bonds is 5. The van der Waals surface area contributed by atoms with Gasteiger partial charge in [0.2, 0.25) is 0 Å². The van der Waals surface area contributed by atoms with Gasteiger partial charge < -0.3 is 14.2 Å². The van der Waals surface area contributed by atoms with E-state index >= 15 is 0 Å². The summed E-state index contributed by atoms with van der Waals surface area (Å²) in [6.07, 6.45) is -0.613. The largest absolute Gasteiger partial charge is 0.465 e. The average molecular weight is 385 g/mol. The fraction of sp³-hybridized carbons (Fsp3) is 0.286. The summed E-state index contributed by atoms with van der Waals surface area (Å²) in [5.74, 6) is -1.02. The minimum atomic E-state index is -0.626. The molecular weight excluding hydrogens is 362 g/mol. The van der Waals surface area contributed by atoms with Gasteiger partial charge in [-0.05, 0) is 56.7 Å². The third kappa shape index (κ3) is 6.42. The lowest BCUT2D eigenvalue weighted by Crippen LogP contribution is -2.27. The number of ether oxygens (including phenoxy) is 3. The molecule has 0 aliphatic heterocycles. The van der Waals surface area contributed by atoms with E-state index < -0.39 is 23.6 Å². The van der Waals surface area contributed by atoms with Crippen molar-refractivity contribution in [2.45, 2.75) is 33.0 Å². The van der Waals surface area contributed by atoms with E-state index in [0.29, 0.717) is 16.8 Å². The van der Waals surface area contributed by atoms with E-state index in [-0.39, 0.29) is 12.2 Å². The lowest BCUT2D eigenvalue weighted by molar-refractivity contribution is 0.0471. The van der Waals surface area contributed by atoms with Crippen LogP contribution in [-0.2, 0) is 20.8 Å². The third-order valence-electron chi connectivity index (χ3n) is 3.46. The molecule has 148 valence electrons. The Balaban J connectivity index is 1.99.